The van der Waals surface area contributed by atoms with E-state index in [0.29, 0.717) is 19.4 Å². The van der Waals surface area contributed by atoms with Gasteiger partial charge in [0.25, 0.3) is 0 Å². The Morgan fingerprint density at radius 1 is 0.911 bits per heavy atom. The summed E-state index contributed by atoms with van der Waals surface area (Å²) in [6.07, 6.45) is 1.73. The van der Waals surface area contributed by atoms with E-state index in [1.165, 1.54) is 7.11 Å². The number of aliphatic carboxylic acids is 1. The molecule has 0 bridgehead atoms. The van der Waals surface area contributed by atoms with Gasteiger partial charge in [0.05, 0.1) is 42.7 Å². The second-order valence-corrected chi connectivity index (χ2v) is 16.2. The maximum Gasteiger partial charge on any atom is 0.326 e. The van der Waals surface area contributed by atoms with Crippen molar-refractivity contribution in [2.24, 2.45) is 23.7 Å². The molecule has 1 fully saturated rings. The minimum Gasteiger partial charge on any atom is -0.480 e. The van der Waals surface area contributed by atoms with Gasteiger partial charge in [-0.2, -0.15) is 0 Å². The standard InChI is InChI=1S/C43H73N5O8/c1-13-23-47(15-3)37(28(6)7)41(51)45-36(27(4)5)42(52)46(10)38(29(8)14-2)34(55-11)26-35(49)48-24-19-22-33(48)39(56-12)30(9)40(50)44-32(43(53)54)25-31-20-17-16-18-21-31/h16-18,20-21,27-30,32-34,36-39H,13-15,19,22-26H2,1-12H3,(H,44,50)(H,45,51)(H,53,54)/t29-,30+,32-,33-,34+,36-,37-,38-,39+/m0/s1. The third kappa shape index (κ3) is 13.0. The number of nitrogens with one attached hydrogen (secondary N) is 2. The predicted octanol–water partition coefficient (Wildman–Crippen LogP) is 4.62. The molecule has 1 aromatic carbocycles. The number of nitrogens with zero attached hydrogens (tertiary/aromatic N) is 3. The van der Waals surface area contributed by atoms with Crippen molar-refractivity contribution in [3.8, 4) is 0 Å². The van der Waals surface area contributed by atoms with Gasteiger partial charge in [0.15, 0.2) is 0 Å². The van der Waals surface area contributed by atoms with Gasteiger partial charge in [-0.05, 0) is 55.7 Å². The Balaban J connectivity index is 2.29. The molecule has 56 heavy (non-hydrogen) atoms. The molecule has 9 atom stereocenters. The van der Waals surface area contributed by atoms with E-state index in [1.807, 2.05) is 78.8 Å². The van der Waals surface area contributed by atoms with Crippen LogP contribution < -0.4 is 10.6 Å². The first kappa shape index (κ1) is 48.6. The molecule has 0 radical (unpaired) electrons. The fourth-order valence-corrected chi connectivity index (χ4v) is 8.30. The number of carboxylic acids is 1. The lowest BCUT2D eigenvalue weighted by Crippen LogP contribution is -2.60. The van der Waals surface area contributed by atoms with Crippen molar-refractivity contribution in [2.45, 2.75) is 143 Å². The van der Waals surface area contributed by atoms with Crippen LogP contribution in [0, 0.1) is 23.7 Å². The number of likely N-dealkylation sites (N-methyl/N-ethyl adjacent to an activating group) is 2. The van der Waals surface area contributed by atoms with Crippen molar-refractivity contribution in [3.63, 3.8) is 0 Å². The van der Waals surface area contributed by atoms with Gasteiger partial charge in [-0.25, -0.2) is 4.79 Å². The number of carbonyl (C=O) groups is 5. The quantitative estimate of drug-likeness (QED) is 0.136. The Labute approximate surface area is 336 Å². The number of carboxylic acid groups (broad SMARTS) is 1. The van der Waals surface area contributed by atoms with Gasteiger partial charge in [0, 0.05) is 34.2 Å². The van der Waals surface area contributed by atoms with Crippen LogP contribution in [-0.2, 0) is 39.9 Å². The lowest BCUT2D eigenvalue weighted by Gasteiger charge is -2.41. The molecule has 1 aliphatic rings. The van der Waals surface area contributed by atoms with Crippen LogP contribution in [0.25, 0.3) is 0 Å². The minimum atomic E-state index is -1.14. The van der Waals surface area contributed by atoms with E-state index in [4.69, 9.17) is 9.47 Å². The first-order valence-corrected chi connectivity index (χ1v) is 20.7. The van der Waals surface area contributed by atoms with E-state index in [9.17, 15) is 29.1 Å². The molecule has 13 heteroatoms. The molecule has 1 saturated heterocycles. The molecule has 1 aromatic rings. The molecule has 1 aliphatic heterocycles. The van der Waals surface area contributed by atoms with Crippen LogP contribution in [0.3, 0.4) is 0 Å². The average Bonchev–Trinajstić information content (AvgIpc) is 3.65. The summed E-state index contributed by atoms with van der Waals surface area (Å²) in [6.45, 7) is 19.8. The van der Waals surface area contributed by atoms with E-state index < -0.39 is 54.2 Å². The van der Waals surface area contributed by atoms with E-state index in [-0.39, 0.29) is 54.4 Å². The minimum absolute atomic E-state index is 0.00852. The van der Waals surface area contributed by atoms with E-state index >= 15 is 0 Å². The fraction of sp³-hybridized carbons (Fsp3) is 0.744. The van der Waals surface area contributed by atoms with Gasteiger partial charge in [-0.1, -0.05) is 99.1 Å². The molecule has 0 saturated carbocycles. The summed E-state index contributed by atoms with van der Waals surface area (Å²) in [5.74, 6) is -3.13. The number of hydrogen-bond acceptors (Lipinski definition) is 8. The Morgan fingerprint density at radius 2 is 1.55 bits per heavy atom. The molecule has 0 aromatic heterocycles. The smallest absolute Gasteiger partial charge is 0.326 e. The van der Waals surface area contributed by atoms with Crippen molar-refractivity contribution in [1.29, 1.82) is 0 Å². The zero-order valence-corrected chi connectivity index (χ0v) is 36.2. The molecular weight excluding hydrogens is 714 g/mol. The van der Waals surface area contributed by atoms with Crippen molar-refractivity contribution < 1.29 is 38.6 Å². The van der Waals surface area contributed by atoms with Gasteiger partial charge in [0.1, 0.15) is 12.1 Å². The molecule has 318 valence electrons. The van der Waals surface area contributed by atoms with Crippen LogP contribution in [0.1, 0.15) is 100.0 Å². The number of amides is 4. The summed E-state index contributed by atoms with van der Waals surface area (Å²) in [7, 11) is 4.78. The van der Waals surface area contributed by atoms with Crippen LogP contribution >= 0.6 is 0 Å². The van der Waals surface area contributed by atoms with E-state index in [1.54, 1.807) is 30.9 Å². The zero-order valence-electron chi connectivity index (χ0n) is 36.2. The SMILES string of the molecule is CCCN(CC)[C@H](C(=O)N[C@H](C(=O)N(C)[C@@H]([C@@H](C)CC)[C@@H](CC(=O)N1CCC[C@H]1[C@H](OC)[C@@H](C)C(=O)N[C@@H](Cc1ccccc1)C(=O)O)OC)C(C)C)C(C)C. The first-order valence-electron chi connectivity index (χ1n) is 20.7. The topological polar surface area (TPSA) is 158 Å². The number of rotatable bonds is 24. The highest BCUT2D eigenvalue weighted by Gasteiger charge is 2.43. The van der Waals surface area contributed by atoms with Gasteiger partial charge in [-0.15, -0.1) is 0 Å². The molecule has 0 spiro atoms. The highest BCUT2D eigenvalue weighted by atomic mass is 16.5. The molecule has 3 N–H and O–H groups in total. The fourth-order valence-electron chi connectivity index (χ4n) is 8.30. The predicted molar refractivity (Wildman–Crippen MR) is 219 cm³/mol. The summed E-state index contributed by atoms with van der Waals surface area (Å²) >= 11 is 0. The van der Waals surface area contributed by atoms with Crippen LogP contribution in [0.15, 0.2) is 30.3 Å². The van der Waals surface area contributed by atoms with Crippen LogP contribution in [-0.4, -0.2) is 133 Å². The molecule has 2 rings (SSSR count). The third-order valence-electron chi connectivity index (χ3n) is 11.6. The van der Waals surface area contributed by atoms with Gasteiger partial charge in [-0.3, -0.25) is 24.1 Å². The van der Waals surface area contributed by atoms with E-state index in [2.05, 4.69) is 22.5 Å². The number of methoxy groups -OCH3 is 2. The lowest BCUT2D eigenvalue weighted by atomic mass is 9.89. The molecule has 0 aliphatic carbocycles. The number of ether oxygens (including phenoxy) is 2. The highest BCUT2D eigenvalue weighted by molar-refractivity contribution is 5.90. The normalized spacial score (nSPS) is 18.8. The summed E-state index contributed by atoms with van der Waals surface area (Å²) in [6, 6.07) is 5.94. The van der Waals surface area contributed by atoms with Crippen LogP contribution in [0.2, 0.25) is 0 Å². The maximum atomic E-state index is 14.4. The van der Waals surface area contributed by atoms with Crippen molar-refractivity contribution >= 4 is 29.6 Å². The average molecular weight is 788 g/mol. The number of hydrogen-bond donors (Lipinski definition) is 3. The largest absolute Gasteiger partial charge is 0.480 e. The van der Waals surface area contributed by atoms with Gasteiger partial charge in [0.2, 0.25) is 23.6 Å². The van der Waals surface area contributed by atoms with E-state index in [0.717, 1.165) is 31.5 Å². The number of carbonyl (C=O) groups excluding carboxylic acids is 4. The summed E-state index contributed by atoms with van der Waals surface area (Å²) in [5, 5.41) is 15.7. The number of likely N-dealkylation sites (tertiary alicyclic amines) is 1. The Bertz CT molecular complexity index is 1390. The molecular formula is C43H73N5O8. The zero-order chi connectivity index (χ0) is 42.3. The molecule has 4 amide bonds. The van der Waals surface area contributed by atoms with Crippen molar-refractivity contribution in [3.05, 3.63) is 35.9 Å². The Kier molecular flexibility index (Phi) is 20.5. The first-order chi connectivity index (χ1) is 26.5. The molecule has 13 nitrogen and oxygen atoms in total. The maximum absolute atomic E-state index is 14.4. The summed E-state index contributed by atoms with van der Waals surface area (Å²) in [5.41, 5.74) is 0.786. The Hall–Kier alpha value is -3.55. The highest BCUT2D eigenvalue weighted by Crippen LogP contribution is 2.30. The van der Waals surface area contributed by atoms with Crippen LogP contribution in [0.5, 0.6) is 0 Å². The monoisotopic (exact) mass is 788 g/mol. The third-order valence-corrected chi connectivity index (χ3v) is 11.6. The molecule has 1 heterocycles. The summed E-state index contributed by atoms with van der Waals surface area (Å²) in [4.78, 5) is 73.7. The van der Waals surface area contributed by atoms with Crippen molar-refractivity contribution in [1.82, 2.24) is 25.3 Å². The number of benzene rings is 1. The molecule has 0 unspecified atom stereocenters. The Morgan fingerprint density at radius 3 is 2.05 bits per heavy atom. The lowest BCUT2D eigenvalue weighted by molar-refractivity contribution is -0.148. The summed E-state index contributed by atoms with van der Waals surface area (Å²) < 4.78 is 11.9. The second kappa shape index (κ2) is 23.6. The second-order valence-electron chi connectivity index (χ2n) is 16.2. The van der Waals surface area contributed by atoms with Gasteiger partial charge < -0.3 is 35.0 Å². The van der Waals surface area contributed by atoms with Gasteiger partial charge >= 0.3 is 5.97 Å². The van der Waals surface area contributed by atoms with Crippen LogP contribution in [0.4, 0.5) is 0 Å². The van der Waals surface area contributed by atoms with Crippen molar-refractivity contribution in [2.75, 3.05) is 40.9 Å².